The maximum absolute atomic E-state index is 13.0. The van der Waals surface area contributed by atoms with Gasteiger partial charge in [-0.1, -0.05) is 0 Å². The van der Waals surface area contributed by atoms with E-state index in [0.717, 1.165) is 0 Å². The van der Waals surface area contributed by atoms with Gasteiger partial charge in [0.05, 0.1) is 11.5 Å². The van der Waals surface area contributed by atoms with Crippen LogP contribution in [0.4, 0.5) is 0 Å². The van der Waals surface area contributed by atoms with Gasteiger partial charge < -0.3 is 24.8 Å². The fourth-order valence-electron chi connectivity index (χ4n) is 3.17. The number of hydrogen-bond acceptors (Lipinski definition) is 7. The molecule has 1 unspecified atom stereocenters. The van der Waals surface area contributed by atoms with Crippen LogP contribution in [0, 0.1) is 0 Å². The van der Waals surface area contributed by atoms with E-state index in [1.165, 1.54) is 23.5 Å². The number of benzene rings is 1. The summed E-state index contributed by atoms with van der Waals surface area (Å²) in [6.07, 6.45) is 0.537. The van der Waals surface area contributed by atoms with Gasteiger partial charge in [0.2, 0.25) is 15.9 Å². The van der Waals surface area contributed by atoms with Crippen LogP contribution in [0.15, 0.2) is 23.1 Å². The van der Waals surface area contributed by atoms with Gasteiger partial charge in [-0.2, -0.15) is 4.31 Å². The number of nitrogens with two attached hydrogens (primary N) is 1. The van der Waals surface area contributed by atoms with Gasteiger partial charge in [-0.25, -0.2) is 8.42 Å². The van der Waals surface area contributed by atoms with E-state index in [-0.39, 0.29) is 24.0 Å². The molecule has 2 aliphatic heterocycles. The van der Waals surface area contributed by atoms with E-state index in [1.54, 1.807) is 11.0 Å². The Morgan fingerprint density at radius 1 is 1.19 bits per heavy atom. The van der Waals surface area contributed by atoms with Crippen LogP contribution >= 0.6 is 0 Å². The Bertz CT molecular complexity index is 785. The molecule has 2 heterocycles. The SMILES string of the molecule is COCC(N)C(=O)N1CCCN(S(=O)(=O)c2ccc3c(c2)OCCO3)CC1. The Hall–Kier alpha value is -1.88. The number of amides is 1. The molecular formula is C17H25N3O6S. The first-order valence-electron chi connectivity index (χ1n) is 8.86. The zero-order valence-corrected chi connectivity index (χ0v) is 16.1. The summed E-state index contributed by atoms with van der Waals surface area (Å²) in [5.41, 5.74) is 5.81. The lowest BCUT2D eigenvalue weighted by Gasteiger charge is -2.24. The quantitative estimate of drug-likeness (QED) is 0.721. The third kappa shape index (κ3) is 4.34. The first kappa shape index (κ1) is 19.9. The fourth-order valence-corrected chi connectivity index (χ4v) is 4.66. The van der Waals surface area contributed by atoms with Gasteiger partial charge in [0.15, 0.2) is 11.5 Å². The van der Waals surface area contributed by atoms with Crippen LogP contribution in [0.3, 0.4) is 0 Å². The molecule has 1 amide bonds. The summed E-state index contributed by atoms with van der Waals surface area (Å²) >= 11 is 0. The lowest BCUT2D eigenvalue weighted by molar-refractivity contribution is -0.133. The molecule has 27 heavy (non-hydrogen) atoms. The Kier molecular flexibility index (Phi) is 6.20. The Morgan fingerprint density at radius 2 is 1.93 bits per heavy atom. The van der Waals surface area contributed by atoms with Gasteiger partial charge in [-0.15, -0.1) is 0 Å². The van der Waals surface area contributed by atoms with Crippen LogP contribution < -0.4 is 15.2 Å². The number of fused-ring (bicyclic) bond motifs is 1. The number of hydrogen-bond donors (Lipinski definition) is 1. The highest BCUT2D eigenvalue weighted by molar-refractivity contribution is 7.89. The second-order valence-corrected chi connectivity index (χ2v) is 8.39. The summed E-state index contributed by atoms with van der Waals surface area (Å²) in [5, 5.41) is 0. The van der Waals surface area contributed by atoms with Gasteiger partial charge in [0.25, 0.3) is 0 Å². The third-order valence-electron chi connectivity index (χ3n) is 4.58. The minimum atomic E-state index is -3.69. The van der Waals surface area contributed by atoms with E-state index >= 15 is 0 Å². The Morgan fingerprint density at radius 3 is 2.67 bits per heavy atom. The number of sulfonamides is 1. The number of nitrogens with zero attached hydrogens (tertiary/aromatic N) is 2. The first-order valence-corrected chi connectivity index (χ1v) is 10.3. The molecule has 2 aliphatic rings. The summed E-state index contributed by atoms with van der Waals surface area (Å²) in [6, 6.07) is 3.88. The third-order valence-corrected chi connectivity index (χ3v) is 6.48. The van der Waals surface area contributed by atoms with E-state index < -0.39 is 16.1 Å². The predicted molar refractivity (Wildman–Crippen MR) is 97.2 cm³/mol. The highest BCUT2D eigenvalue weighted by Crippen LogP contribution is 2.33. The van der Waals surface area contributed by atoms with Gasteiger partial charge in [0.1, 0.15) is 19.3 Å². The van der Waals surface area contributed by atoms with Crippen molar-refractivity contribution >= 4 is 15.9 Å². The maximum Gasteiger partial charge on any atom is 0.243 e. The lowest BCUT2D eigenvalue weighted by atomic mass is 10.2. The Balaban J connectivity index is 1.72. The number of carbonyl (C=O) groups is 1. The van der Waals surface area contributed by atoms with E-state index in [0.29, 0.717) is 50.8 Å². The van der Waals surface area contributed by atoms with Crippen molar-refractivity contribution in [3.8, 4) is 11.5 Å². The molecule has 150 valence electrons. The molecule has 2 N–H and O–H groups in total. The van der Waals surface area contributed by atoms with Crippen molar-refractivity contribution in [1.82, 2.24) is 9.21 Å². The molecular weight excluding hydrogens is 374 g/mol. The van der Waals surface area contributed by atoms with E-state index in [2.05, 4.69) is 0 Å². The molecule has 0 radical (unpaired) electrons. The van der Waals surface area contributed by atoms with Crippen LogP contribution in [0.25, 0.3) is 0 Å². The van der Waals surface area contributed by atoms with Gasteiger partial charge >= 0.3 is 0 Å². The highest BCUT2D eigenvalue weighted by atomic mass is 32.2. The molecule has 1 fully saturated rings. The van der Waals surface area contributed by atoms with Gasteiger partial charge in [-0.05, 0) is 18.6 Å². The first-order chi connectivity index (χ1) is 12.9. The largest absolute Gasteiger partial charge is 0.486 e. The molecule has 9 nitrogen and oxygen atoms in total. The zero-order chi connectivity index (χ0) is 19.4. The summed E-state index contributed by atoms with van der Waals surface area (Å²) in [7, 11) is -2.21. The minimum Gasteiger partial charge on any atom is -0.486 e. The molecule has 1 aromatic rings. The lowest BCUT2D eigenvalue weighted by Crippen LogP contribution is -2.47. The Labute approximate surface area is 159 Å². The highest BCUT2D eigenvalue weighted by Gasteiger charge is 2.30. The molecule has 0 aromatic heterocycles. The molecule has 0 bridgehead atoms. The summed E-state index contributed by atoms with van der Waals surface area (Å²) in [5.74, 6) is 0.745. The molecule has 0 aliphatic carbocycles. The number of ether oxygens (including phenoxy) is 3. The van der Waals surface area contributed by atoms with Gasteiger partial charge in [0, 0.05) is 39.4 Å². The van der Waals surface area contributed by atoms with Crippen molar-refractivity contribution in [3.05, 3.63) is 18.2 Å². The molecule has 0 spiro atoms. The standard InChI is InChI=1S/C17H25N3O6S/c1-24-12-14(18)17(21)19-5-2-6-20(8-7-19)27(22,23)13-3-4-15-16(11-13)26-10-9-25-15/h3-4,11,14H,2,5-10,12,18H2,1H3. The minimum absolute atomic E-state index is 0.133. The molecule has 1 aromatic carbocycles. The summed E-state index contributed by atoms with van der Waals surface area (Å²) in [4.78, 5) is 14.1. The molecule has 1 saturated heterocycles. The van der Waals surface area contributed by atoms with E-state index in [9.17, 15) is 13.2 Å². The molecule has 10 heteroatoms. The number of rotatable bonds is 5. The van der Waals surface area contributed by atoms with Crippen LogP contribution in [0.5, 0.6) is 11.5 Å². The zero-order valence-electron chi connectivity index (χ0n) is 15.3. The van der Waals surface area contributed by atoms with Crippen molar-refractivity contribution in [2.45, 2.75) is 17.4 Å². The smallest absolute Gasteiger partial charge is 0.243 e. The average Bonchev–Trinajstić information content (AvgIpc) is 2.94. The monoisotopic (exact) mass is 399 g/mol. The molecule has 1 atom stereocenters. The maximum atomic E-state index is 13.0. The van der Waals surface area contributed by atoms with Crippen molar-refractivity contribution < 1.29 is 27.4 Å². The van der Waals surface area contributed by atoms with Crippen LogP contribution in [-0.2, 0) is 19.6 Å². The van der Waals surface area contributed by atoms with Crippen LogP contribution in [-0.4, -0.2) is 82.7 Å². The topological polar surface area (TPSA) is 111 Å². The molecule has 0 saturated carbocycles. The average molecular weight is 399 g/mol. The van der Waals surface area contributed by atoms with Crippen molar-refractivity contribution in [3.63, 3.8) is 0 Å². The van der Waals surface area contributed by atoms with Crippen LogP contribution in [0.2, 0.25) is 0 Å². The predicted octanol–water partition coefficient (Wildman–Crippen LogP) is -0.345. The molecule has 3 rings (SSSR count). The number of methoxy groups -OCH3 is 1. The number of carbonyl (C=O) groups excluding carboxylic acids is 1. The van der Waals surface area contributed by atoms with Gasteiger partial charge in [-0.3, -0.25) is 4.79 Å². The van der Waals surface area contributed by atoms with E-state index in [1.807, 2.05) is 0 Å². The van der Waals surface area contributed by atoms with Crippen molar-refractivity contribution in [1.29, 1.82) is 0 Å². The van der Waals surface area contributed by atoms with Crippen molar-refractivity contribution in [2.24, 2.45) is 5.73 Å². The second kappa shape index (κ2) is 8.42. The van der Waals surface area contributed by atoms with Crippen LogP contribution in [0.1, 0.15) is 6.42 Å². The van der Waals surface area contributed by atoms with E-state index in [4.69, 9.17) is 19.9 Å². The normalized spacial score (nSPS) is 19.4. The summed E-state index contributed by atoms with van der Waals surface area (Å²) < 4.78 is 43.3. The second-order valence-electron chi connectivity index (χ2n) is 6.45. The van der Waals surface area contributed by atoms with Crippen molar-refractivity contribution in [2.75, 3.05) is 53.1 Å². The summed E-state index contributed by atoms with van der Waals surface area (Å²) in [6.45, 7) is 2.26. The fraction of sp³-hybridized carbons (Fsp3) is 0.588.